The van der Waals surface area contributed by atoms with Crippen molar-refractivity contribution in [2.75, 3.05) is 12.4 Å². The Morgan fingerprint density at radius 1 is 1.26 bits per heavy atom. The van der Waals surface area contributed by atoms with Crippen molar-refractivity contribution >= 4 is 23.9 Å². The molecule has 1 atom stereocenters. The Labute approximate surface area is 116 Å². The maximum atomic E-state index is 13.1. The third-order valence-electron chi connectivity index (χ3n) is 2.15. The normalized spacial score (nSPS) is 14.5. The summed E-state index contributed by atoms with van der Waals surface area (Å²) in [5.41, 5.74) is 0. The fourth-order valence-electron chi connectivity index (χ4n) is 1.61. The summed E-state index contributed by atoms with van der Waals surface area (Å²) in [7, 11) is -4.66. The third kappa shape index (κ3) is 5.16. The van der Waals surface area contributed by atoms with Crippen molar-refractivity contribution in [2.24, 2.45) is 4.03 Å². The van der Waals surface area contributed by atoms with Crippen molar-refractivity contribution in [1.82, 2.24) is 0 Å². The highest BCUT2D eigenvalue weighted by Gasteiger charge is 2.23. The number of hydrogen-bond donors (Lipinski definition) is 0. The number of benzene rings is 1. The van der Waals surface area contributed by atoms with E-state index in [4.69, 9.17) is 4.74 Å². The molecule has 0 bridgehead atoms. The first-order chi connectivity index (χ1) is 8.77. The zero-order valence-corrected chi connectivity index (χ0v) is 13.7. The van der Waals surface area contributed by atoms with Crippen LogP contribution in [-0.2, 0) is 19.3 Å². The van der Waals surface area contributed by atoms with Gasteiger partial charge in [0.15, 0.2) is 8.24 Å². The third-order valence-corrected chi connectivity index (χ3v) is 7.16. The minimum Gasteiger partial charge on any atom is -0.465 e. The predicted molar refractivity (Wildman–Crippen MR) is 80.1 cm³/mol. The van der Waals surface area contributed by atoms with Crippen LogP contribution in [0.25, 0.3) is 0 Å². The van der Waals surface area contributed by atoms with E-state index in [1.165, 1.54) is 0 Å². The predicted octanol–water partition coefficient (Wildman–Crippen LogP) is 2.91. The van der Waals surface area contributed by atoms with Crippen molar-refractivity contribution in [2.45, 2.75) is 31.5 Å². The second-order valence-corrected chi connectivity index (χ2v) is 12.3. The molecule has 0 radical (unpaired) electrons. The van der Waals surface area contributed by atoms with E-state index in [1.54, 1.807) is 31.2 Å². The number of carbonyl (C=O) groups excluding carboxylic acids is 1. The van der Waals surface area contributed by atoms with Gasteiger partial charge in [-0.3, -0.25) is 8.82 Å². The second-order valence-electron chi connectivity index (χ2n) is 5.16. The smallest absolute Gasteiger partial charge is 0.319 e. The van der Waals surface area contributed by atoms with Gasteiger partial charge in [-0.2, -0.15) is 0 Å². The maximum Gasteiger partial charge on any atom is 0.319 e. The zero-order valence-electron chi connectivity index (χ0n) is 11.9. The summed E-state index contributed by atoms with van der Waals surface area (Å²) in [4.78, 5) is 12.3. The zero-order chi connectivity index (χ0) is 14.5. The van der Waals surface area contributed by atoms with E-state index in [2.05, 4.69) is 4.03 Å². The average Bonchev–Trinajstić information content (AvgIpc) is 2.27. The fraction of sp³-hybridized carbons (Fsp3) is 0.462. The van der Waals surface area contributed by atoms with E-state index in [1.807, 2.05) is 25.7 Å². The van der Waals surface area contributed by atoms with Gasteiger partial charge >= 0.3 is 5.97 Å². The molecule has 1 rings (SSSR count). The molecule has 0 saturated heterocycles. The standard InChI is InChI=1S/C13H21NO3SSi/c1-5-17-13(15)11-18(16,14-19(2,3)4)12-9-7-6-8-10-12/h6-10H,5,11H2,1-4H3. The van der Waals surface area contributed by atoms with Gasteiger partial charge in [0.1, 0.15) is 5.75 Å². The molecule has 0 spiro atoms. The van der Waals surface area contributed by atoms with Crippen LogP contribution in [0.2, 0.25) is 19.6 Å². The van der Waals surface area contributed by atoms with Crippen LogP contribution in [-0.4, -0.2) is 30.8 Å². The summed E-state index contributed by atoms with van der Waals surface area (Å²) in [6.45, 7) is 8.02. The molecule has 0 fully saturated rings. The summed E-state index contributed by atoms with van der Waals surface area (Å²) in [5, 5.41) is 0. The van der Waals surface area contributed by atoms with Crippen LogP contribution < -0.4 is 0 Å². The first kappa shape index (κ1) is 15.9. The maximum absolute atomic E-state index is 13.1. The van der Waals surface area contributed by atoms with E-state index in [0.29, 0.717) is 4.90 Å². The van der Waals surface area contributed by atoms with Crippen LogP contribution in [0.4, 0.5) is 0 Å². The molecule has 6 heteroatoms. The lowest BCUT2D eigenvalue weighted by Gasteiger charge is -2.16. The molecule has 0 heterocycles. The summed E-state index contributed by atoms with van der Waals surface area (Å²) in [5.74, 6) is -0.631. The number of carbonyl (C=O) groups is 1. The first-order valence-electron chi connectivity index (χ1n) is 6.23. The molecular formula is C13H21NO3SSi. The topological polar surface area (TPSA) is 55.7 Å². The Morgan fingerprint density at radius 2 is 1.84 bits per heavy atom. The lowest BCUT2D eigenvalue weighted by molar-refractivity contribution is -0.139. The monoisotopic (exact) mass is 299 g/mol. The van der Waals surface area contributed by atoms with Crippen molar-refractivity contribution in [3.8, 4) is 0 Å². The van der Waals surface area contributed by atoms with Gasteiger partial charge in [-0.1, -0.05) is 18.2 Å². The summed E-state index contributed by atoms with van der Waals surface area (Å²) in [6.07, 6.45) is 0. The van der Waals surface area contributed by atoms with Crippen LogP contribution >= 0.6 is 0 Å². The number of hydrogen-bond acceptors (Lipinski definition) is 4. The van der Waals surface area contributed by atoms with Gasteiger partial charge in [0.2, 0.25) is 0 Å². The minimum atomic E-state index is -2.73. The molecule has 0 saturated carbocycles. The fourth-order valence-corrected chi connectivity index (χ4v) is 6.98. The number of esters is 1. The van der Waals surface area contributed by atoms with E-state index < -0.39 is 23.9 Å². The second kappa shape index (κ2) is 6.34. The lowest BCUT2D eigenvalue weighted by Crippen LogP contribution is -2.25. The number of ether oxygens (including phenoxy) is 1. The molecule has 19 heavy (non-hydrogen) atoms. The van der Waals surface area contributed by atoms with Crippen LogP contribution in [0.15, 0.2) is 39.3 Å². The molecule has 4 nitrogen and oxygen atoms in total. The molecule has 0 N–H and O–H groups in total. The molecule has 1 aromatic carbocycles. The quantitative estimate of drug-likeness (QED) is 0.620. The van der Waals surface area contributed by atoms with Crippen LogP contribution in [0.3, 0.4) is 0 Å². The van der Waals surface area contributed by atoms with Gasteiger partial charge in [-0.05, 0) is 38.7 Å². The Balaban J connectivity index is 3.24. The first-order valence-corrected chi connectivity index (χ1v) is 11.4. The molecule has 0 aliphatic carbocycles. The van der Waals surface area contributed by atoms with Crippen LogP contribution in [0.1, 0.15) is 6.92 Å². The molecule has 1 unspecified atom stereocenters. The molecule has 0 aromatic heterocycles. The van der Waals surface area contributed by atoms with Crippen molar-refractivity contribution in [3.63, 3.8) is 0 Å². The largest absolute Gasteiger partial charge is 0.465 e. The van der Waals surface area contributed by atoms with E-state index >= 15 is 0 Å². The Morgan fingerprint density at radius 3 is 2.32 bits per heavy atom. The Hall–Kier alpha value is -1.14. The van der Waals surface area contributed by atoms with Crippen molar-refractivity contribution in [1.29, 1.82) is 0 Å². The van der Waals surface area contributed by atoms with Gasteiger partial charge in [0.25, 0.3) is 0 Å². The van der Waals surface area contributed by atoms with Crippen LogP contribution in [0.5, 0.6) is 0 Å². The Kier molecular flexibility index (Phi) is 5.31. The SMILES string of the molecule is CCOC(=O)CS(=O)(=N[Si](C)(C)C)c1ccccc1. The molecular weight excluding hydrogens is 278 g/mol. The molecule has 0 amide bonds. The summed E-state index contributed by atoms with van der Waals surface area (Å²) in [6, 6.07) is 8.97. The van der Waals surface area contributed by atoms with E-state index in [-0.39, 0.29) is 12.4 Å². The number of nitrogens with zero attached hydrogens (tertiary/aromatic N) is 1. The van der Waals surface area contributed by atoms with E-state index in [9.17, 15) is 9.00 Å². The van der Waals surface area contributed by atoms with Gasteiger partial charge in [-0.15, -0.1) is 0 Å². The molecule has 0 aliphatic rings. The van der Waals surface area contributed by atoms with Gasteiger partial charge in [-0.25, -0.2) is 4.21 Å². The highest BCUT2D eigenvalue weighted by molar-refractivity contribution is 7.95. The van der Waals surface area contributed by atoms with Crippen molar-refractivity contribution < 1.29 is 13.7 Å². The lowest BCUT2D eigenvalue weighted by atomic mass is 10.4. The molecule has 0 aliphatic heterocycles. The van der Waals surface area contributed by atoms with Gasteiger partial charge < -0.3 is 4.74 Å². The van der Waals surface area contributed by atoms with Gasteiger partial charge in [0.05, 0.1) is 16.3 Å². The summed E-state index contributed by atoms with van der Waals surface area (Å²) < 4.78 is 22.5. The highest BCUT2D eigenvalue weighted by Crippen LogP contribution is 2.18. The average molecular weight is 299 g/mol. The molecule has 106 valence electrons. The highest BCUT2D eigenvalue weighted by atomic mass is 32.2. The van der Waals surface area contributed by atoms with E-state index in [0.717, 1.165) is 0 Å². The van der Waals surface area contributed by atoms with Gasteiger partial charge in [0, 0.05) is 4.90 Å². The van der Waals surface area contributed by atoms with Crippen LogP contribution in [0, 0.1) is 0 Å². The summed E-state index contributed by atoms with van der Waals surface area (Å²) >= 11 is 0. The molecule has 1 aromatic rings. The van der Waals surface area contributed by atoms with Crippen molar-refractivity contribution in [3.05, 3.63) is 30.3 Å². The Bertz CT molecular complexity index is 543. The number of rotatable bonds is 5. The minimum absolute atomic E-state index is 0.172.